The van der Waals surface area contributed by atoms with Crippen LogP contribution < -0.4 is 15.2 Å². The van der Waals surface area contributed by atoms with Gasteiger partial charge in [-0.3, -0.25) is 4.72 Å². The van der Waals surface area contributed by atoms with Gasteiger partial charge in [0, 0.05) is 19.6 Å². The maximum atomic E-state index is 12.1. The van der Waals surface area contributed by atoms with Gasteiger partial charge in [0.15, 0.2) is 0 Å². The molecule has 1 aromatic carbocycles. The van der Waals surface area contributed by atoms with Crippen molar-refractivity contribution in [3.8, 4) is 5.75 Å². The van der Waals surface area contributed by atoms with Crippen LogP contribution in [0.3, 0.4) is 0 Å². The molecule has 0 atom stereocenters. The minimum Gasteiger partial charge on any atom is -0.492 e. The fourth-order valence-corrected chi connectivity index (χ4v) is 2.99. The molecule has 1 heterocycles. The highest BCUT2D eigenvalue weighted by Gasteiger charge is 2.23. The summed E-state index contributed by atoms with van der Waals surface area (Å²) in [5.74, 6) is 0.657. The summed E-state index contributed by atoms with van der Waals surface area (Å²) < 4.78 is 38.6. The Morgan fingerprint density at radius 2 is 1.90 bits per heavy atom. The van der Waals surface area contributed by atoms with Crippen LogP contribution >= 0.6 is 0 Å². The summed E-state index contributed by atoms with van der Waals surface area (Å²) in [7, 11) is -3.52. The molecule has 0 bridgehead atoms. The van der Waals surface area contributed by atoms with Gasteiger partial charge in [-0.25, -0.2) is 0 Å². The molecule has 0 amide bonds. The van der Waals surface area contributed by atoms with E-state index in [-0.39, 0.29) is 0 Å². The third-order valence-electron chi connectivity index (χ3n) is 2.80. The standard InChI is InChI=1S/C12H19N3O4S/c13-5-8-19-12-3-1-11(2-4-12)14-20(16,17)15-6-9-18-10-7-15/h1-4,14H,5-10,13H2. The SMILES string of the molecule is NCCOc1ccc(NS(=O)(=O)N2CCOCC2)cc1. The molecule has 20 heavy (non-hydrogen) atoms. The lowest BCUT2D eigenvalue weighted by Crippen LogP contribution is -2.43. The van der Waals surface area contributed by atoms with Crippen LogP contribution in [0.15, 0.2) is 24.3 Å². The molecule has 0 aromatic heterocycles. The van der Waals surface area contributed by atoms with Crippen molar-refractivity contribution in [2.24, 2.45) is 5.73 Å². The normalized spacial score (nSPS) is 16.9. The first-order valence-electron chi connectivity index (χ1n) is 6.40. The molecule has 1 aromatic rings. The van der Waals surface area contributed by atoms with Crippen molar-refractivity contribution in [3.63, 3.8) is 0 Å². The molecule has 1 aliphatic heterocycles. The number of morpholine rings is 1. The number of rotatable bonds is 6. The van der Waals surface area contributed by atoms with E-state index in [2.05, 4.69) is 4.72 Å². The van der Waals surface area contributed by atoms with Gasteiger partial charge in [-0.1, -0.05) is 0 Å². The minimum atomic E-state index is -3.52. The zero-order valence-corrected chi connectivity index (χ0v) is 11.9. The van der Waals surface area contributed by atoms with Crippen LogP contribution in [0.4, 0.5) is 5.69 Å². The maximum Gasteiger partial charge on any atom is 0.301 e. The Kier molecular flexibility index (Phi) is 5.18. The van der Waals surface area contributed by atoms with E-state index in [9.17, 15) is 8.42 Å². The van der Waals surface area contributed by atoms with Gasteiger partial charge in [0.05, 0.1) is 18.9 Å². The van der Waals surface area contributed by atoms with E-state index in [4.69, 9.17) is 15.2 Å². The van der Waals surface area contributed by atoms with Gasteiger partial charge in [-0.2, -0.15) is 12.7 Å². The first-order chi connectivity index (χ1) is 9.62. The van der Waals surface area contributed by atoms with Crippen LogP contribution in [0.1, 0.15) is 0 Å². The Labute approximate surface area is 118 Å². The smallest absolute Gasteiger partial charge is 0.301 e. The lowest BCUT2D eigenvalue weighted by molar-refractivity contribution is 0.0733. The molecular formula is C12H19N3O4S. The summed E-state index contributed by atoms with van der Waals surface area (Å²) in [5.41, 5.74) is 5.84. The Balaban J connectivity index is 1.98. The molecule has 0 aliphatic carbocycles. The fourth-order valence-electron chi connectivity index (χ4n) is 1.80. The summed E-state index contributed by atoms with van der Waals surface area (Å²) >= 11 is 0. The topological polar surface area (TPSA) is 93.9 Å². The Hall–Kier alpha value is -1.35. The molecule has 2 rings (SSSR count). The number of benzene rings is 1. The highest BCUT2D eigenvalue weighted by atomic mass is 32.2. The average Bonchev–Trinajstić information content (AvgIpc) is 2.47. The zero-order valence-electron chi connectivity index (χ0n) is 11.1. The molecule has 0 radical (unpaired) electrons. The van der Waals surface area contributed by atoms with E-state index in [1.807, 2.05) is 0 Å². The van der Waals surface area contributed by atoms with Crippen molar-refractivity contribution in [1.29, 1.82) is 0 Å². The zero-order chi connectivity index (χ0) is 14.4. The minimum absolute atomic E-state index is 0.368. The first-order valence-corrected chi connectivity index (χ1v) is 7.84. The number of nitrogens with zero attached hydrogens (tertiary/aromatic N) is 1. The maximum absolute atomic E-state index is 12.1. The van der Waals surface area contributed by atoms with Crippen molar-refractivity contribution < 1.29 is 17.9 Å². The average molecular weight is 301 g/mol. The highest BCUT2D eigenvalue weighted by Crippen LogP contribution is 2.18. The van der Waals surface area contributed by atoms with E-state index in [0.717, 1.165) is 0 Å². The third kappa shape index (κ3) is 4.07. The molecule has 1 aliphatic rings. The summed E-state index contributed by atoms with van der Waals surface area (Å²) in [6, 6.07) is 6.72. The van der Waals surface area contributed by atoms with Crippen molar-refractivity contribution in [3.05, 3.63) is 24.3 Å². The quantitative estimate of drug-likeness (QED) is 0.772. The molecule has 1 saturated heterocycles. The van der Waals surface area contributed by atoms with Crippen molar-refractivity contribution >= 4 is 15.9 Å². The van der Waals surface area contributed by atoms with Gasteiger partial charge in [-0.15, -0.1) is 0 Å². The molecule has 1 fully saturated rings. The van der Waals surface area contributed by atoms with E-state index in [1.54, 1.807) is 24.3 Å². The van der Waals surface area contributed by atoms with Crippen LogP contribution in [0.2, 0.25) is 0 Å². The molecule has 0 spiro atoms. The van der Waals surface area contributed by atoms with E-state index >= 15 is 0 Å². The van der Waals surface area contributed by atoms with Crippen LogP contribution in [0.5, 0.6) is 5.75 Å². The van der Waals surface area contributed by atoms with E-state index in [0.29, 0.717) is 50.9 Å². The second-order valence-corrected chi connectivity index (χ2v) is 5.95. The summed E-state index contributed by atoms with van der Waals surface area (Å²) in [6.45, 7) is 2.45. The molecule has 112 valence electrons. The summed E-state index contributed by atoms with van der Waals surface area (Å²) in [6.07, 6.45) is 0. The van der Waals surface area contributed by atoms with Gasteiger partial charge < -0.3 is 15.2 Å². The summed E-state index contributed by atoms with van der Waals surface area (Å²) in [5, 5.41) is 0. The molecule has 0 saturated carbocycles. The fraction of sp³-hybridized carbons (Fsp3) is 0.500. The van der Waals surface area contributed by atoms with Crippen LogP contribution in [0.25, 0.3) is 0 Å². The van der Waals surface area contributed by atoms with E-state index < -0.39 is 10.2 Å². The number of hydrogen-bond donors (Lipinski definition) is 2. The molecule has 7 nitrogen and oxygen atoms in total. The molecular weight excluding hydrogens is 282 g/mol. The van der Waals surface area contributed by atoms with Crippen molar-refractivity contribution in [2.75, 3.05) is 44.2 Å². The second kappa shape index (κ2) is 6.89. The predicted octanol–water partition coefficient (Wildman–Crippen LogP) is 0.0130. The van der Waals surface area contributed by atoms with Gasteiger partial charge >= 0.3 is 10.2 Å². The van der Waals surface area contributed by atoms with E-state index in [1.165, 1.54) is 4.31 Å². The van der Waals surface area contributed by atoms with Gasteiger partial charge in [0.25, 0.3) is 0 Å². The highest BCUT2D eigenvalue weighted by molar-refractivity contribution is 7.90. The molecule has 3 N–H and O–H groups in total. The van der Waals surface area contributed by atoms with Crippen LogP contribution in [-0.2, 0) is 14.9 Å². The van der Waals surface area contributed by atoms with Crippen LogP contribution in [0, 0.1) is 0 Å². The van der Waals surface area contributed by atoms with Crippen molar-refractivity contribution in [2.45, 2.75) is 0 Å². The Morgan fingerprint density at radius 3 is 2.50 bits per heavy atom. The number of nitrogens with one attached hydrogen (secondary N) is 1. The van der Waals surface area contributed by atoms with Gasteiger partial charge in [0.2, 0.25) is 0 Å². The first kappa shape index (κ1) is 15.0. The number of ether oxygens (including phenoxy) is 2. The largest absolute Gasteiger partial charge is 0.492 e. The Morgan fingerprint density at radius 1 is 1.25 bits per heavy atom. The van der Waals surface area contributed by atoms with Crippen LogP contribution in [-0.4, -0.2) is 52.2 Å². The Bertz CT molecular complexity index is 512. The van der Waals surface area contributed by atoms with Gasteiger partial charge in [-0.05, 0) is 24.3 Å². The molecule has 0 unspecified atom stereocenters. The molecule has 8 heteroatoms. The number of anilines is 1. The van der Waals surface area contributed by atoms with Crippen molar-refractivity contribution in [1.82, 2.24) is 4.31 Å². The van der Waals surface area contributed by atoms with Gasteiger partial charge in [0.1, 0.15) is 12.4 Å². The lowest BCUT2D eigenvalue weighted by Gasteiger charge is -2.26. The third-order valence-corrected chi connectivity index (χ3v) is 4.34. The number of nitrogens with two attached hydrogens (primary N) is 1. The number of hydrogen-bond acceptors (Lipinski definition) is 5. The monoisotopic (exact) mass is 301 g/mol. The lowest BCUT2D eigenvalue weighted by atomic mass is 10.3. The second-order valence-electron chi connectivity index (χ2n) is 4.28. The summed E-state index contributed by atoms with van der Waals surface area (Å²) in [4.78, 5) is 0. The predicted molar refractivity (Wildman–Crippen MR) is 75.9 cm³/mol.